The van der Waals surface area contributed by atoms with E-state index in [0.29, 0.717) is 0 Å². The van der Waals surface area contributed by atoms with Gasteiger partial charge in [0.2, 0.25) is 0 Å². The fraction of sp³-hybridized carbons (Fsp3) is 0.200. The first-order chi connectivity index (χ1) is 11.4. The van der Waals surface area contributed by atoms with Crippen molar-refractivity contribution in [3.05, 3.63) is 62.4 Å². The number of ether oxygens (including phenoxy) is 2. The van der Waals surface area contributed by atoms with E-state index >= 15 is 0 Å². The molecule has 0 unspecified atom stereocenters. The van der Waals surface area contributed by atoms with E-state index in [9.17, 15) is 19.7 Å². The number of carbonyl (C=O) groups excluding carboxylic acids is 2. The minimum absolute atomic E-state index is 0.0720. The van der Waals surface area contributed by atoms with E-state index < -0.39 is 22.8 Å². The molecule has 1 aliphatic heterocycles. The Labute approximate surface area is 141 Å². The number of hydrogen-bond donors (Lipinski definition) is 1. The van der Waals surface area contributed by atoms with Crippen LogP contribution in [0.15, 0.2) is 41.7 Å². The Balaban J connectivity index is 2.65. The third-order valence-electron chi connectivity index (χ3n) is 3.46. The number of esters is 2. The molecule has 0 saturated carbocycles. The number of halogens is 1. The molecule has 0 aromatic heterocycles. The Kier molecular flexibility index (Phi) is 5.20. The monoisotopic (exact) mass is 352 g/mol. The zero-order valence-electron chi connectivity index (χ0n) is 12.7. The summed E-state index contributed by atoms with van der Waals surface area (Å²) in [4.78, 5) is 34.6. The lowest BCUT2D eigenvalue weighted by Crippen LogP contribution is -2.26. The van der Waals surface area contributed by atoms with Gasteiger partial charge in [-0.1, -0.05) is 23.7 Å². The lowest BCUT2D eigenvalue weighted by molar-refractivity contribution is -0.384. The molecule has 1 aliphatic rings. The molecule has 0 saturated heterocycles. The highest BCUT2D eigenvalue weighted by Crippen LogP contribution is 2.41. The molecule has 0 atom stereocenters. The number of dihydropyridines is 1. The summed E-state index contributed by atoms with van der Waals surface area (Å²) < 4.78 is 9.43. The second-order valence-corrected chi connectivity index (χ2v) is 5.10. The van der Waals surface area contributed by atoms with Crippen LogP contribution in [0.4, 0.5) is 5.69 Å². The molecule has 2 rings (SSSR count). The van der Waals surface area contributed by atoms with Gasteiger partial charge in [-0.25, -0.2) is 9.59 Å². The summed E-state index contributed by atoms with van der Waals surface area (Å²) in [6, 6.07) is 4.15. The lowest BCUT2D eigenvalue weighted by Gasteiger charge is -2.25. The van der Waals surface area contributed by atoms with Crippen molar-refractivity contribution in [2.75, 3.05) is 14.2 Å². The number of rotatable bonds is 4. The van der Waals surface area contributed by atoms with Gasteiger partial charge in [-0.15, -0.1) is 0 Å². The van der Waals surface area contributed by atoms with Crippen molar-refractivity contribution >= 4 is 29.2 Å². The summed E-state index contributed by atoms with van der Waals surface area (Å²) in [5, 5.41) is 13.6. The average molecular weight is 353 g/mol. The number of carbonyl (C=O) groups is 2. The number of nitrogens with one attached hydrogen (secondary N) is 1. The van der Waals surface area contributed by atoms with E-state index in [4.69, 9.17) is 21.1 Å². The topological polar surface area (TPSA) is 108 Å². The minimum atomic E-state index is -0.960. The first kappa shape index (κ1) is 17.5. The van der Waals surface area contributed by atoms with Crippen molar-refractivity contribution < 1.29 is 24.0 Å². The first-order valence-electron chi connectivity index (χ1n) is 6.68. The third-order valence-corrected chi connectivity index (χ3v) is 3.87. The molecule has 1 N–H and O–H groups in total. The molecule has 9 heteroatoms. The molecule has 1 heterocycles. The molecule has 1 aromatic rings. The van der Waals surface area contributed by atoms with Gasteiger partial charge in [-0.2, -0.15) is 0 Å². The van der Waals surface area contributed by atoms with Gasteiger partial charge in [0.05, 0.1) is 36.2 Å². The van der Waals surface area contributed by atoms with Crippen LogP contribution in [0.3, 0.4) is 0 Å². The van der Waals surface area contributed by atoms with E-state index in [-0.39, 0.29) is 27.4 Å². The molecule has 0 spiro atoms. The van der Waals surface area contributed by atoms with Crippen molar-refractivity contribution in [2.24, 2.45) is 0 Å². The molecule has 0 aliphatic carbocycles. The smallest absolute Gasteiger partial charge is 0.336 e. The molecule has 24 heavy (non-hydrogen) atoms. The summed E-state index contributed by atoms with van der Waals surface area (Å²) in [5.41, 5.74) is 0.0346. The maximum atomic E-state index is 12.1. The lowest BCUT2D eigenvalue weighted by atomic mass is 9.83. The highest BCUT2D eigenvalue weighted by molar-refractivity contribution is 6.33. The first-order valence-corrected chi connectivity index (χ1v) is 7.05. The van der Waals surface area contributed by atoms with Crippen molar-refractivity contribution in [1.29, 1.82) is 0 Å². The summed E-state index contributed by atoms with van der Waals surface area (Å²) in [6.45, 7) is 0. The number of nitrogens with zero attached hydrogens (tertiary/aromatic N) is 1. The molecule has 0 fully saturated rings. The average Bonchev–Trinajstić information content (AvgIpc) is 2.59. The van der Waals surface area contributed by atoms with Crippen LogP contribution >= 0.6 is 11.6 Å². The standard InChI is InChI=1S/C15H13ClN2O6/c1-23-14(19)9-6-17-7-10(15(20)24-2)12(9)8-4-3-5-11(13(8)16)18(21)22/h3-7,12,17H,1-2H3. The van der Waals surface area contributed by atoms with Crippen molar-refractivity contribution in [1.82, 2.24) is 5.32 Å². The largest absolute Gasteiger partial charge is 0.466 e. The van der Waals surface area contributed by atoms with Gasteiger partial charge in [0.25, 0.3) is 5.69 Å². The highest BCUT2D eigenvalue weighted by atomic mass is 35.5. The van der Waals surface area contributed by atoms with Crippen LogP contribution in [0.5, 0.6) is 0 Å². The van der Waals surface area contributed by atoms with Crippen LogP contribution in [0.1, 0.15) is 11.5 Å². The van der Waals surface area contributed by atoms with Crippen LogP contribution in [0.25, 0.3) is 0 Å². The maximum Gasteiger partial charge on any atom is 0.336 e. The van der Waals surface area contributed by atoms with E-state index in [1.807, 2.05) is 0 Å². The zero-order chi connectivity index (χ0) is 17.9. The molecule has 0 bridgehead atoms. The second-order valence-electron chi connectivity index (χ2n) is 4.72. The fourth-order valence-corrected chi connectivity index (χ4v) is 2.68. The minimum Gasteiger partial charge on any atom is -0.466 e. The van der Waals surface area contributed by atoms with Crippen molar-refractivity contribution in [2.45, 2.75) is 5.92 Å². The molecular weight excluding hydrogens is 340 g/mol. The van der Waals surface area contributed by atoms with Gasteiger partial charge >= 0.3 is 11.9 Å². The predicted octanol–water partition coefficient (Wildman–Crippen LogP) is 2.05. The SMILES string of the molecule is COC(=O)C1=CNC=C(C(=O)OC)C1c1cccc([N+](=O)[O-])c1Cl. The fourth-order valence-electron chi connectivity index (χ4n) is 2.38. The van der Waals surface area contributed by atoms with Gasteiger partial charge in [-0.05, 0) is 5.56 Å². The third kappa shape index (κ3) is 3.09. The Morgan fingerprint density at radius 2 is 1.71 bits per heavy atom. The quantitative estimate of drug-likeness (QED) is 0.502. The zero-order valence-corrected chi connectivity index (χ0v) is 13.5. The van der Waals surface area contributed by atoms with E-state index in [1.165, 1.54) is 44.8 Å². The summed E-state index contributed by atoms with van der Waals surface area (Å²) in [7, 11) is 2.37. The van der Waals surface area contributed by atoms with Gasteiger partial charge < -0.3 is 14.8 Å². The molecule has 126 valence electrons. The molecule has 0 radical (unpaired) electrons. The maximum absolute atomic E-state index is 12.1. The number of benzene rings is 1. The van der Waals surface area contributed by atoms with Crippen LogP contribution < -0.4 is 5.32 Å². The van der Waals surface area contributed by atoms with Gasteiger partial charge in [0.15, 0.2) is 0 Å². The summed E-state index contributed by atoms with van der Waals surface area (Å²) >= 11 is 6.14. The molecular formula is C15H13ClN2O6. The Morgan fingerprint density at radius 1 is 1.17 bits per heavy atom. The van der Waals surface area contributed by atoms with E-state index in [0.717, 1.165) is 0 Å². The van der Waals surface area contributed by atoms with Crippen molar-refractivity contribution in [3.63, 3.8) is 0 Å². The Bertz CT molecular complexity index is 739. The number of methoxy groups -OCH3 is 2. The van der Waals surface area contributed by atoms with Gasteiger partial charge in [0, 0.05) is 18.5 Å². The van der Waals surface area contributed by atoms with Crippen LogP contribution in [-0.4, -0.2) is 31.1 Å². The highest BCUT2D eigenvalue weighted by Gasteiger charge is 2.36. The van der Waals surface area contributed by atoms with E-state index in [1.54, 1.807) is 0 Å². The number of hydrogen-bond acceptors (Lipinski definition) is 7. The Morgan fingerprint density at radius 3 is 2.17 bits per heavy atom. The van der Waals surface area contributed by atoms with Gasteiger partial charge in [0.1, 0.15) is 5.02 Å². The van der Waals surface area contributed by atoms with E-state index in [2.05, 4.69) is 5.32 Å². The normalized spacial score (nSPS) is 14.1. The number of nitro benzene ring substituents is 1. The summed E-state index contributed by atoms with van der Waals surface area (Å²) in [5.74, 6) is -2.37. The number of nitro groups is 1. The molecule has 1 aromatic carbocycles. The molecule has 0 amide bonds. The second kappa shape index (κ2) is 7.14. The molecule has 8 nitrogen and oxygen atoms in total. The predicted molar refractivity (Wildman–Crippen MR) is 84.2 cm³/mol. The Hall–Kier alpha value is -2.87. The van der Waals surface area contributed by atoms with Crippen molar-refractivity contribution in [3.8, 4) is 0 Å². The van der Waals surface area contributed by atoms with Crippen LogP contribution in [-0.2, 0) is 19.1 Å². The van der Waals surface area contributed by atoms with Crippen LogP contribution in [0.2, 0.25) is 5.02 Å². The van der Waals surface area contributed by atoms with Crippen LogP contribution in [0, 0.1) is 10.1 Å². The summed E-state index contributed by atoms with van der Waals surface area (Å²) in [6.07, 6.45) is 2.69. The van der Waals surface area contributed by atoms with Gasteiger partial charge in [-0.3, -0.25) is 10.1 Å².